The molecular weight excluding hydrogens is 272 g/mol. The van der Waals surface area contributed by atoms with Crippen LogP contribution in [0.3, 0.4) is 0 Å². The van der Waals surface area contributed by atoms with Gasteiger partial charge in [-0.05, 0) is 39.8 Å². The number of nitrogens with zero attached hydrogens (tertiary/aromatic N) is 4. The minimum absolute atomic E-state index is 0.588. The first-order valence-corrected chi connectivity index (χ1v) is 7.85. The minimum Gasteiger partial charge on any atom is -0.358 e. The third-order valence-electron chi connectivity index (χ3n) is 4.10. The maximum absolute atomic E-state index is 6.26. The monoisotopic (exact) mass is 296 g/mol. The predicted octanol–water partition coefficient (Wildman–Crippen LogP) is 2.92. The van der Waals surface area contributed by atoms with Crippen molar-refractivity contribution < 1.29 is 0 Å². The zero-order valence-electron chi connectivity index (χ0n) is 13.0. The molecule has 0 radical (unpaired) electrons. The standard InChI is InChI=1S/C15H25ClN4/c1-5-7-13-17-14(16)11(2)15(18-13)20(4)10-12-8-6-9-19(12)3/h12H,5-10H2,1-4H3. The summed E-state index contributed by atoms with van der Waals surface area (Å²) in [5.74, 6) is 1.83. The summed E-state index contributed by atoms with van der Waals surface area (Å²) in [5.41, 5.74) is 0.981. The highest BCUT2D eigenvalue weighted by atomic mass is 35.5. The summed E-state index contributed by atoms with van der Waals surface area (Å²) in [7, 11) is 4.31. The number of rotatable bonds is 5. The summed E-state index contributed by atoms with van der Waals surface area (Å²) < 4.78 is 0. The van der Waals surface area contributed by atoms with Gasteiger partial charge in [0.05, 0.1) is 0 Å². The molecule has 1 aliphatic rings. The Hall–Kier alpha value is -0.870. The lowest BCUT2D eigenvalue weighted by Gasteiger charge is -2.27. The van der Waals surface area contributed by atoms with Crippen molar-refractivity contribution in [1.82, 2.24) is 14.9 Å². The van der Waals surface area contributed by atoms with Gasteiger partial charge in [-0.25, -0.2) is 9.97 Å². The van der Waals surface area contributed by atoms with Crippen molar-refractivity contribution in [3.63, 3.8) is 0 Å². The van der Waals surface area contributed by atoms with Crippen LogP contribution in [0, 0.1) is 6.92 Å². The highest BCUT2D eigenvalue weighted by molar-refractivity contribution is 6.30. The molecule has 1 aromatic rings. The van der Waals surface area contributed by atoms with Crippen LogP contribution in [0.25, 0.3) is 0 Å². The number of halogens is 1. The molecule has 0 N–H and O–H groups in total. The van der Waals surface area contributed by atoms with Gasteiger partial charge in [0.1, 0.15) is 16.8 Å². The molecule has 0 aromatic carbocycles. The SMILES string of the molecule is CCCc1nc(Cl)c(C)c(N(C)CC2CCCN2C)n1. The van der Waals surface area contributed by atoms with Crippen LogP contribution in [-0.2, 0) is 6.42 Å². The van der Waals surface area contributed by atoms with Crippen LogP contribution in [0.5, 0.6) is 0 Å². The molecule has 0 spiro atoms. The Morgan fingerprint density at radius 3 is 2.75 bits per heavy atom. The van der Waals surface area contributed by atoms with Crippen LogP contribution in [-0.4, -0.2) is 48.1 Å². The van der Waals surface area contributed by atoms with Crippen molar-refractivity contribution >= 4 is 17.4 Å². The minimum atomic E-state index is 0.588. The molecule has 0 saturated carbocycles. The highest BCUT2D eigenvalue weighted by Crippen LogP contribution is 2.25. The van der Waals surface area contributed by atoms with Gasteiger partial charge in [0, 0.05) is 31.6 Å². The van der Waals surface area contributed by atoms with E-state index in [1.807, 2.05) is 6.92 Å². The predicted molar refractivity (Wildman–Crippen MR) is 84.7 cm³/mol. The number of aromatic nitrogens is 2. The third kappa shape index (κ3) is 3.41. The van der Waals surface area contributed by atoms with Crippen LogP contribution < -0.4 is 4.90 Å². The van der Waals surface area contributed by atoms with Gasteiger partial charge in [-0.2, -0.15) is 0 Å². The van der Waals surface area contributed by atoms with Crippen LogP contribution in [0.4, 0.5) is 5.82 Å². The average Bonchev–Trinajstić information content (AvgIpc) is 2.79. The lowest BCUT2D eigenvalue weighted by Crippen LogP contribution is -2.37. The Labute approximate surface area is 127 Å². The molecule has 1 atom stereocenters. The Bertz CT molecular complexity index is 463. The van der Waals surface area contributed by atoms with E-state index in [2.05, 4.69) is 35.8 Å². The van der Waals surface area contributed by atoms with E-state index < -0.39 is 0 Å². The molecule has 1 aromatic heterocycles. The van der Waals surface area contributed by atoms with Crippen molar-refractivity contribution in [1.29, 1.82) is 0 Å². The van der Waals surface area contributed by atoms with Gasteiger partial charge in [-0.15, -0.1) is 0 Å². The second-order valence-corrected chi connectivity index (χ2v) is 6.14. The van der Waals surface area contributed by atoms with E-state index in [0.29, 0.717) is 11.2 Å². The second kappa shape index (κ2) is 6.72. The summed E-state index contributed by atoms with van der Waals surface area (Å²) in [6, 6.07) is 0.614. The number of hydrogen-bond acceptors (Lipinski definition) is 4. The van der Waals surface area contributed by atoms with Crippen molar-refractivity contribution in [2.75, 3.05) is 32.1 Å². The Balaban J connectivity index is 2.17. The molecule has 0 aliphatic carbocycles. The molecule has 4 nitrogen and oxygen atoms in total. The lowest BCUT2D eigenvalue weighted by molar-refractivity contribution is 0.314. The first kappa shape index (κ1) is 15.5. The summed E-state index contributed by atoms with van der Waals surface area (Å²) in [6.45, 7) is 6.33. The zero-order valence-corrected chi connectivity index (χ0v) is 13.7. The Morgan fingerprint density at radius 2 is 2.15 bits per heavy atom. The number of anilines is 1. The van der Waals surface area contributed by atoms with E-state index in [-0.39, 0.29) is 0 Å². The Kier molecular flexibility index (Phi) is 5.22. The molecule has 1 unspecified atom stereocenters. The fourth-order valence-electron chi connectivity index (χ4n) is 2.84. The number of likely N-dealkylation sites (tertiary alicyclic amines) is 1. The van der Waals surface area contributed by atoms with Crippen LogP contribution in [0.1, 0.15) is 37.6 Å². The van der Waals surface area contributed by atoms with Crippen molar-refractivity contribution in [2.45, 2.75) is 45.6 Å². The van der Waals surface area contributed by atoms with Gasteiger partial charge in [-0.1, -0.05) is 18.5 Å². The van der Waals surface area contributed by atoms with Crippen molar-refractivity contribution in [3.05, 3.63) is 16.5 Å². The summed E-state index contributed by atoms with van der Waals surface area (Å²) >= 11 is 6.26. The molecule has 1 aliphatic heterocycles. The van der Waals surface area contributed by atoms with Crippen molar-refractivity contribution in [2.24, 2.45) is 0 Å². The molecule has 20 heavy (non-hydrogen) atoms. The number of likely N-dealkylation sites (N-methyl/N-ethyl adjacent to an activating group) is 2. The fraction of sp³-hybridized carbons (Fsp3) is 0.733. The van der Waals surface area contributed by atoms with E-state index in [9.17, 15) is 0 Å². The molecular formula is C15H25ClN4. The van der Waals surface area contributed by atoms with Gasteiger partial charge in [0.25, 0.3) is 0 Å². The van der Waals surface area contributed by atoms with Gasteiger partial charge >= 0.3 is 0 Å². The maximum atomic E-state index is 6.26. The molecule has 2 rings (SSSR count). The molecule has 5 heteroatoms. The van der Waals surface area contributed by atoms with Gasteiger partial charge < -0.3 is 9.80 Å². The number of aryl methyl sites for hydroxylation is 1. The molecule has 2 heterocycles. The number of hydrogen-bond donors (Lipinski definition) is 0. The zero-order chi connectivity index (χ0) is 14.7. The van der Waals surface area contributed by atoms with E-state index in [0.717, 1.165) is 36.6 Å². The second-order valence-electron chi connectivity index (χ2n) is 5.79. The lowest BCUT2D eigenvalue weighted by atomic mass is 10.2. The van der Waals surface area contributed by atoms with E-state index in [4.69, 9.17) is 16.6 Å². The van der Waals surface area contributed by atoms with E-state index in [1.165, 1.54) is 19.4 Å². The van der Waals surface area contributed by atoms with Gasteiger partial charge in [0.2, 0.25) is 0 Å². The van der Waals surface area contributed by atoms with E-state index >= 15 is 0 Å². The summed E-state index contributed by atoms with van der Waals surface area (Å²) in [4.78, 5) is 13.7. The maximum Gasteiger partial charge on any atom is 0.137 e. The third-order valence-corrected chi connectivity index (χ3v) is 4.47. The summed E-state index contributed by atoms with van der Waals surface area (Å²) in [5, 5.41) is 0.588. The smallest absolute Gasteiger partial charge is 0.137 e. The first-order valence-electron chi connectivity index (χ1n) is 7.47. The van der Waals surface area contributed by atoms with Crippen LogP contribution in [0.2, 0.25) is 5.15 Å². The largest absolute Gasteiger partial charge is 0.358 e. The first-order chi connectivity index (χ1) is 9.52. The topological polar surface area (TPSA) is 32.3 Å². The summed E-state index contributed by atoms with van der Waals surface area (Å²) in [6.07, 6.45) is 4.47. The molecule has 112 valence electrons. The van der Waals surface area contributed by atoms with Crippen LogP contribution >= 0.6 is 11.6 Å². The highest BCUT2D eigenvalue weighted by Gasteiger charge is 2.23. The molecule has 0 bridgehead atoms. The quantitative estimate of drug-likeness (QED) is 0.782. The molecule has 1 fully saturated rings. The van der Waals surface area contributed by atoms with Gasteiger partial charge in [-0.3, -0.25) is 0 Å². The van der Waals surface area contributed by atoms with Gasteiger partial charge in [0.15, 0.2) is 0 Å². The van der Waals surface area contributed by atoms with E-state index in [1.54, 1.807) is 0 Å². The fourth-order valence-corrected chi connectivity index (χ4v) is 3.02. The normalized spacial score (nSPS) is 19.6. The van der Waals surface area contributed by atoms with Crippen molar-refractivity contribution in [3.8, 4) is 0 Å². The van der Waals surface area contributed by atoms with Crippen LogP contribution in [0.15, 0.2) is 0 Å². The average molecular weight is 297 g/mol. The molecule has 0 amide bonds. The Morgan fingerprint density at radius 1 is 1.40 bits per heavy atom. The molecule has 1 saturated heterocycles.